The minimum Gasteiger partial charge on any atom is -0.490 e. The van der Waals surface area contributed by atoms with Crippen molar-refractivity contribution >= 4 is 6.09 Å². The minimum atomic E-state index is -0.480. The van der Waals surface area contributed by atoms with Gasteiger partial charge in [-0.2, -0.15) is 0 Å². The Hall–Kier alpha value is -1.82. The molecule has 1 saturated heterocycles. The number of aromatic nitrogens is 1. The van der Waals surface area contributed by atoms with E-state index < -0.39 is 5.60 Å². The van der Waals surface area contributed by atoms with Gasteiger partial charge in [0.2, 0.25) is 0 Å². The van der Waals surface area contributed by atoms with Crippen LogP contribution in [0.3, 0.4) is 0 Å². The van der Waals surface area contributed by atoms with Crippen molar-refractivity contribution in [2.45, 2.75) is 57.6 Å². The van der Waals surface area contributed by atoms with Crippen LogP contribution >= 0.6 is 0 Å². The zero-order chi connectivity index (χ0) is 18.0. The molecular weight excluding hydrogens is 320 g/mol. The summed E-state index contributed by atoms with van der Waals surface area (Å²) in [6.45, 7) is 7.02. The third kappa shape index (κ3) is 4.63. The fourth-order valence-electron chi connectivity index (χ4n) is 3.23. The summed E-state index contributed by atoms with van der Waals surface area (Å²) in [6, 6.07) is 2.09. The zero-order valence-corrected chi connectivity index (χ0v) is 15.3. The van der Waals surface area contributed by atoms with E-state index >= 15 is 0 Å². The smallest absolute Gasteiger partial charge is 0.410 e. The van der Waals surface area contributed by atoms with Gasteiger partial charge in [0.1, 0.15) is 18.0 Å². The molecule has 2 fully saturated rings. The number of nitrogens with zero attached hydrogens (tertiary/aromatic N) is 2. The minimum absolute atomic E-state index is 0.0570. The Balaban J connectivity index is 1.50. The van der Waals surface area contributed by atoms with E-state index in [1.54, 1.807) is 11.1 Å². The summed E-state index contributed by atoms with van der Waals surface area (Å²) < 4.78 is 11.3. The largest absolute Gasteiger partial charge is 0.490 e. The molecule has 0 radical (unpaired) electrons. The molecule has 0 aromatic carbocycles. The maximum Gasteiger partial charge on any atom is 0.410 e. The number of ether oxygens (including phenoxy) is 2. The van der Waals surface area contributed by atoms with Crippen molar-refractivity contribution < 1.29 is 19.4 Å². The maximum absolute atomic E-state index is 12.1. The lowest BCUT2D eigenvalue weighted by Crippen LogP contribution is -2.55. The van der Waals surface area contributed by atoms with Crippen LogP contribution in [0, 0.1) is 5.92 Å². The molecule has 1 aromatic heterocycles. The molecule has 25 heavy (non-hydrogen) atoms. The van der Waals surface area contributed by atoms with E-state index in [4.69, 9.17) is 14.6 Å². The van der Waals surface area contributed by atoms with Crippen molar-refractivity contribution in [1.29, 1.82) is 0 Å². The Kier molecular flexibility index (Phi) is 5.18. The summed E-state index contributed by atoms with van der Waals surface area (Å²) in [5, 5.41) is 9.03. The van der Waals surface area contributed by atoms with E-state index in [1.807, 2.05) is 33.0 Å². The van der Waals surface area contributed by atoms with Gasteiger partial charge < -0.3 is 19.5 Å². The van der Waals surface area contributed by atoms with Gasteiger partial charge in [0.05, 0.1) is 12.2 Å². The van der Waals surface area contributed by atoms with Crippen molar-refractivity contribution in [3.8, 4) is 5.75 Å². The third-order valence-electron chi connectivity index (χ3n) is 4.80. The summed E-state index contributed by atoms with van der Waals surface area (Å²) in [6.07, 6.45) is 6.20. The van der Waals surface area contributed by atoms with Crippen LogP contribution in [-0.2, 0) is 4.74 Å². The van der Waals surface area contributed by atoms with E-state index in [-0.39, 0.29) is 18.7 Å². The topological polar surface area (TPSA) is 71.9 Å². The van der Waals surface area contributed by atoms with Gasteiger partial charge in [-0.15, -0.1) is 0 Å². The molecule has 138 valence electrons. The molecule has 0 bridgehead atoms. The van der Waals surface area contributed by atoms with Gasteiger partial charge in [0, 0.05) is 19.3 Å². The second-order valence-electron chi connectivity index (χ2n) is 8.00. The molecule has 3 rings (SSSR count). The van der Waals surface area contributed by atoms with Crippen LogP contribution in [-0.4, -0.2) is 52.5 Å². The molecule has 1 saturated carbocycles. The Bertz CT molecular complexity index is 614. The van der Waals surface area contributed by atoms with E-state index in [9.17, 15) is 4.79 Å². The normalized spacial score (nSPS) is 25.3. The van der Waals surface area contributed by atoms with Crippen LogP contribution in [0.25, 0.3) is 0 Å². The van der Waals surface area contributed by atoms with Crippen molar-refractivity contribution in [3.63, 3.8) is 0 Å². The number of hydrogen-bond donors (Lipinski definition) is 1. The molecule has 6 nitrogen and oxygen atoms in total. The predicted molar refractivity (Wildman–Crippen MR) is 93.6 cm³/mol. The van der Waals surface area contributed by atoms with Crippen molar-refractivity contribution in [2.24, 2.45) is 5.92 Å². The van der Waals surface area contributed by atoms with E-state index in [0.717, 1.165) is 25.0 Å². The number of rotatable bonds is 6. The van der Waals surface area contributed by atoms with Gasteiger partial charge in [-0.1, -0.05) is 0 Å². The van der Waals surface area contributed by atoms with E-state index in [2.05, 4.69) is 4.98 Å². The van der Waals surface area contributed by atoms with Crippen molar-refractivity contribution in [2.75, 3.05) is 19.8 Å². The van der Waals surface area contributed by atoms with Crippen LogP contribution in [0.2, 0.25) is 0 Å². The number of hydrogen-bond acceptors (Lipinski definition) is 5. The molecule has 1 aromatic rings. The molecule has 1 amide bonds. The molecule has 1 unspecified atom stereocenters. The quantitative estimate of drug-likeness (QED) is 0.856. The van der Waals surface area contributed by atoms with Gasteiger partial charge in [-0.25, -0.2) is 4.79 Å². The Labute approximate surface area is 149 Å². The van der Waals surface area contributed by atoms with Crippen LogP contribution < -0.4 is 4.74 Å². The summed E-state index contributed by atoms with van der Waals surface area (Å²) in [5.74, 6) is 1.80. The molecule has 2 heterocycles. The molecule has 1 N–H and O–H groups in total. The fraction of sp³-hybridized carbons (Fsp3) is 0.684. The van der Waals surface area contributed by atoms with Crippen molar-refractivity contribution in [3.05, 3.63) is 24.0 Å². The van der Waals surface area contributed by atoms with Gasteiger partial charge in [0.25, 0.3) is 0 Å². The SMILES string of the molecule is CC(C)(C)OC(=O)N1CC[C@H]1COc1cncc(C2C[C@H]2CCO)c1. The molecule has 1 aliphatic carbocycles. The monoisotopic (exact) mass is 348 g/mol. The van der Waals surface area contributed by atoms with Crippen LogP contribution in [0.5, 0.6) is 5.75 Å². The van der Waals surface area contributed by atoms with Crippen LogP contribution in [0.4, 0.5) is 4.79 Å². The summed E-state index contributed by atoms with van der Waals surface area (Å²) >= 11 is 0. The standard InChI is InChI=1S/C19H28N2O4/c1-19(2,3)25-18(23)21-6-4-15(21)12-24-16-8-14(10-20-11-16)17-9-13(17)5-7-22/h8,10-11,13,15,17,22H,4-7,9,12H2,1-3H3/t13-,15+,17?/m1/s1. The average Bonchev–Trinajstić information content (AvgIpc) is 3.24. The number of aliphatic hydroxyl groups excluding tert-OH is 1. The van der Waals surface area contributed by atoms with Gasteiger partial charge in [0.15, 0.2) is 0 Å². The van der Waals surface area contributed by atoms with Crippen LogP contribution in [0.1, 0.15) is 51.5 Å². The first-order valence-corrected chi connectivity index (χ1v) is 9.05. The first kappa shape index (κ1) is 18.0. The number of aliphatic hydroxyl groups is 1. The zero-order valence-electron chi connectivity index (χ0n) is 15.3. The third-order valence-corrected chi connectivity index (χ3v) is 4.80. The number of amides is 1. The second-order valence-corrected chi connectivity index (χ2v) is 8.00. The summed E-state index contributed by atoms with van der Waals surface area (Å²) in [5.41, 5.74) is 0.694. The first-order valence-electron chi connectivity index (χ1n) is 9.05. The van der Waals surface area contributed by atoms with E-state index in [1.165, 1.54) is 5.56 Å². The number of pyridine rings is 1. The highest BCUT2D eigenvalue weighted by Crippen LogP contribution is 2.49. The average molecular weight is 348 g/mol. The van der Waals surface area contributed by atoms with Gasteiger partial charge in [-0.3, -0.25) is 4.98 Å². The summed E-state index contributed by atoms with van der Waals surface area (Å²) in [4.78, 5) is 18.1. The summed E-state index contributed by atoms with van der Waals surface area (Å²) in [7, 11) is 0. The highest BCUT2D eigenvalue weighted by Gasteiger charge is 2.38. The second kappa shape index (κ2) is 7.20. The van der Waals surface area contributed by atoms with E-state index in [0.29, 0.717) is 25.0 Å². The maximum atomic E-state index is 12.1. The lowest BCUT2D eigenvalue weighted by Gasteiger charge is -2.40. The molecule has 2 aliphatic rings. The van der Waals surface area contributed by atoms with Crippen LogP contribution in [0.15, 0.2) is 18.5 Å². The highest BCUT2D eigenvalue weighted by molar-refractivity contribution is 5.69. The fourth-order valence-corrected chi connectivity index (χ4v) is 3.23. The number of likely N-dealkylation sites (tertiary alicyclic amines) is 1. The van der Waals surface area contributed by atoms with Crippen molar-refractivity contribution in [1.82, 2.24) is 9.88 Å². The predicted octanol–water partition coefficient (Wildman–Crippen LogP) is 2.96. The molecule has 6 heteroatoms. The Morgan fingerprint density at radius 3 is 2.84 bits per heavy atom. The highest BCUT2D eigenvalue weighted by atomic mass is 16.6. The molecule has 1 aliphatic heterocycles. The first-order chi connectivity index (χ1) is 11.9. The van der Waals surface area contributed by atoms with Gasteiger partial charge in [-0.05, 0) is 63.5 Å². The number of carbonyl (C=O) groups is 1. The Morgan fingerprint density at radius 1 is 1.40 bits per heavy atom. The van der Waals surface area contributed by atoms with Gasteiger partial charge >= 0.3 is 6.09 Å². The lowest BCUT2D eigenvalue weighted by atomic mass is 10.1. The molecule has 0 spiro atoms. The molecular formula is C19H28N2O4. The molecule has 3 atom stereocenters. The lowest BCUT2D eigenvalue weighted by molar-refractivity contribution is -0.0141. The number of carbonyl (C=O) groups excluding carboxylic acids is 1. The Morgan fingerprint density at radius 2 is 2.20 bits per heavy atom.